The number of anilines is 2. The highest BCUT2D eigenvalue weighted by Gasteiger charge is 2.32. The molecule has 6 aromatic heterocycles. The number of amides is 2. The number of nitrogens with zero attached hydrogens (tertiary/aromatic N) is 6. The lowest BCUT2D eigenvalue weighted by atomic mass is 9.88. The summed E-state index contributed by atoms with van der Waals surface area (Å²) in [7, 11) is 0. The molecule has 0 aromatic carbocycles. The summed E-state index contributed by atoms with van der Waals surface area (Å²) in [5.41, 5.74) is 1.84. The molecular formula is C45H52Cl2F2N12O4. The lowest BCUT2D eigenvalue weighted by Crippen LogP contribution is -2.47. The molecule has 3 fully saturated rings. The molecule has 1 aliphatic heterocycles. The predicted molar refractivity (Wildman–Crippen MR) is 244 cm³/mol. The van der Waals surface area contributed by atoms with E-state index >= 15 is 0 Å². The predicted octanol–water partition coefficient (Wildman–Crippen LogP) is 7.75. The Morgan fingerprint density at radius 1 is 0.738 bits per heavy atom. The van der Waals surface area contributed by atoms with Crippen molar-refractivity contribution in [2.45, 2.75) is 102 Å². The largest absolute Gasteiger partial charge is 0.395 e. The summed E-state index contributed by atoms with van der Waals surface area (Å²) in [6.45, 7) is 4.40. The van der Waals surface area contributed by atoms with Gasteiger partial charge in [0.25, 0.3) is 0 Å². The van der Waals surface area contributed by atoms with Crippen molar-refractivity contribution < 1.29 is 28.2 Å². The lowest BCUT2D eigenvalue weighted by Gasteiger charge is -2.33. The standard InChI is InChI=1S/C23H26ClFN6O2.C22H26ClFN6O2/c24-14-7-17-18(10-27-20(17)26-9-14)21-28-11-19(25)22(31-21)29-15-4-1-5-16(8-15)30-23(32)13-3-2-6-33-12-13;1-22(2,11-31)21(32)29-14-5-3-4-13(7-14)28-20-17(24)10-27-19(30-20)16-9-26-18-15(16)6-12(23)8-25-18/h7,9-11,13,15-16H,1-6,8,12H2,(H,26,27)(H,30,32)(H,28,29,31);6,8-10,13-14,31H,3-5,7,11H2,1-2H3,(H,25,26)(H,29,32)(H,27,28,30)/t13?,15-,16+;13-,14+/m10/s1. The van der Waals surface area contributed by atoms with Crippen LogP contribution in [-0.4, -0.2) is 101 Å². The van der Waals surface area contributed by atoms with Crippen LogP contribution in [0.1, 0.15) is 78.1 Å². The second-order valence-electron chi connectivity index (χ2n) is 17.6. The molecule has 7 heterocycles. The van der Waals surface area contributed by atoms with Gasteiger partial charge in [0.1, 0.15) is 11.3 Å². The summed E-state index contributed by atoms with van der Waals surface area (Å²) in [5.74, 6) is -0.253. The fraction of sp³-hybridized carbons (Fsp3) is 0.467. The number of carbonyl (C=O) groups excluding carboxylic acids is 2. The number of aliphatic hydroxyl groups is 1. The number of pyridine rings is 2. The molecule has 2 aliphatic carbocycles. The number of hydrogen-bond acceptors (Lipinski definition) is 12. The van der Waals surface area contributed by atoms with Crippen LogP contribution < -0.4 is 21.3 Å². The molecule has 20 heteroatoms. The SMILES string of the molecule is CC(C)(CO)C(=O)N[C@@H]1CCC[C@H](Nc2nc(-c3c[nH]c4ncc(Cl)cc34)ncc2F)C1.O=C(N[C@H]1CCC[C@@H](Nc2nc(-c3c[nH]c4ncc(Cl)cc34)ncc2F)C1)C1CCCOC1. The van der Waals surface area contributed by atoms with Crippen molar-refractivity contribution in [1.29, 1.82) is 0 Å². The van der Waals surface area contributed by atoms with Crippen LogP contribution in [0.3, 0.4) is 0 Å². The Hall–Kier alpha value is -5.56. The van der Waals surface area contributed by atoms with Crippen molar-refractivity contribution in [2.75, 3.05) is 30.5 Å². The fourth-order valence-corrected chi connectivity index (χ4v) is 8.85. The Bertz CT molecular complexity index is 2640. The topological polar surface area (TPSA) is 221 Å². The molecule has 9 rings (SSSR count). The number of H-pyrrole nitrogens is 2. The van der Waals surface area contributed by atoms with E-state index in [1.54, 1.807) is 50.8 Å². The molecular weight excluding hydrogens is 881 g/mol. The summed E-state index contributed by atoms with van der Waals surface area (Å²) in [6, 6.07) is 3.49. The Kier molecular flexibility index (Phi) is 14.4. The zero-order chi connectivity index (χ0) is 45.7. The van der Waals surface area contributed by atoms with Gasteiger partial charge in [0.15, 0.2) is 34.9 Å². The van der Waals surface area contributed by atoms with E-state index < -0.39 is 17.0 Å². The van der Waals surface area contributed by atoms with Crippen LogP contribution in [0.4, 0.5) is 20.4 Å². The third-order valence-electron chi connectivity index (χ3n) is 12.2. The van der Waals surface area contributed by atoms with Crippen molar-refractivity contribution in [3.05, 3.63) is 71.0 Å². The van der Waals surface area contributed by atoms with Crippen LogP contribution in [0.25, 0.3) is 44.8 Å². The van der Waals surface area contributed by atoms with E-state index in [1.807, 2.05) is 0 Å². The van der Waals surface area contributed by atoms with Crippen LogP contribution >= 0.6 is 23.2 Å². The van der Waals surface area contributed by atoms with E-state index in [0.29, 0.717) is 63.6 Å². The zero-order valence-electron chi connectivity index (χ0n) is 36.1. The van der Waals surface area contributed by atoms with E-state index in [2.05, 4.69) is 61.1 Å². The molecule has 16 nitrogen and oxygen atoms in total. The molecule has 7 N–H and O–H groups in total. The van der Waals surface area contributed by atoms with E-state index in [1.165, 1.54) is 6.20 Å². The number of nitrogens with one attached hydrogen (secondary N) is 6. The highest BCUT2D eigenvalue weighted by atomic mass is 35.5. The Morgan fingerprint density at radius 2 is 1.25 bits per heavy atom. The smallest absolute Gasteiger partial charge is 0.228 e. The van der Waals surface area contributed by atoms with Gasteiger partial charge in [-0.1, -0.05) is 23.2 Å². The first-order valence-electron chi connectivity index (χ1n) is 22.0. The maximum atomic E-state index is 14.6. The average molecular weight is 934 g/mol. The molecule has 0 spiro atoms. The van der Waals surface area contributed by atoms with Crippen LogP contribution in [0.2, 0.25) is 10.0 Å². The molecule has 1 saturated heterocycles. The van der Waals surface area contributed by atoms with Crippen molar-refractivity contribution in [3.63, 3.8) is 0 Å². The highest BCUT2D eigenvalue weighted by molar-refractivity contribution is 6.31. The second kappa shape index (κ2) is 20.3. The van der Waals surface area contributed by atoms with Gasteiger partial charge < -0.3 is 41.1 Å². The number of carbonyl (C=O) groups is 2. The number of hydrogen-bond donors (Lipinski definition) is 7. The van der Waals surface area contributed by atoms with Gasteiger partial charge in [0.05, 0.1) is 47.0 Å². The van der Waals surface area contributed by atoms with Crippen LogP contribution in [0.5, 0.6) is 0 Å². The minimum atomic E-state index is -0.842. The molecule has 2 saturated carbocycles. The molecule has 1 unspecified atom stereocenters. The van der Waals surface area contributed by atoms with Crippen molar-refractivity contribution >= 4 is 68.7 Å². The van der Waals surface area contributed by atoms with Crippen LogP contribution in [0, 0.1) is 23.0 Å². The third-order valence-corrected chi connectivity index (χ3v) is 12.6. The minimum Gasteiger partial charge on any atom is -0.395 e. The lowest BCUT2D eigenvalue weighted by molar-refractivity contribution is -0.132. The third kappa shape index (κ3) is 11.1. The number of aliphatic hydroxyl groups excluding tert-OH is 1. The first-order chi connectivity index (χ1) is 31.3. The van der Waals surface area contributed by atoms with Crippen molar-refractivity contribution in [3.8, 4) is 22.8 Å². The fourth-order valence-electron chi connectivity index (χ4n) is 8.53. The van der Waals surface area contributed by atoms with Crippen LogP contribution in [-0.2, 0) is 14.3 Å². The Balaban J connectivity index is 0.000000177. The number of aromatic amines is 2. The van der Waals surface area contributed by atoms with Gasteiger partial charge in [-0.05, 0) is 90.2 Å². The average Bonchev–Trinajstić information content (AvgIpc) is 3.92. The Morgan fingerprint density at radius 3 is 1.74 bits per heavy atom. The molecule has 5 atom stereocenters. The van der Waals surface area contributed by atoms with Crippen LogP contribution in [0.15, 0.2) is 49.3 Å². The van der Waals surface area contributed by atoms with Gasteiger partial charge in [0.2, 0.25) is 11.8 Å². The maximum Gasteiger partial charge on any atom is 0.228 e. The minimum absolute atomic E-state index is 0.00276. The first-order valence-corrected chi connectivity index (χ1v) is 22.7. The van der Waals surface area contributed by atoms with Gasteiger partial charge in [-0.2, -0.15) is 0 Å². The number of fused-ring (bicyclic) bond motifs is 2. The normalized spacial score (nSPS) is 21.3. The van der Waals surface area contributed by atoms with Gasteiger partial charge in [0, 0.05) is 77.5 Å². The zero-order valence-corrected chi connectivity index (χ0v) is 37.6. The summed E-state index contributed by atoms with van der Waals surface area (Å²) in [4.78, 5) is 56.8. The van der Waals surface area contributed by atoms with Crippen molar-refractivity contribution in [2.24, 2.45) is 11.3 Å². The number of aromatic nitrogens is 8. The van der Waals surface area contributed by atoms with Gasteiger partial charge >= 0.3 is 0 Å². The van der Waals surface area contributed by atoms with Gasteiger partial charge in [-0.25, -0.2) is 38.7 Å². The number of rotatable bonds is 11. The second-order valence-corrected chi connectivity index (χ2v) is 18.5. The van der Waals surface area contributed by atoms with Gasteiger partial charge in [-0.15, -0.1) is 0 Å². The first kappa shape index (κ1) is 46.0. The molecule has 2 amide bonds. The summed E-state index contributed by atoms with van der Waals surface area (Å²) < 4.78 is 34.5. The monoisotopic (exact) mass is 932 g/mol. The van der Waals surface area contributed by atoms with Crippen molar-refractivity contribution in [1.82, 2.24) is 50.5 Å². The summed E-state index contributed by atoms with van der Waals surface area (Å²) in [6.07, 6.45) is 17.3. The number of halogens is 4. The van der Waals surface area contributed by atoms with E-state index in [4.69, 9.17) is 27.9 Å². The molecule has 0 bridgehead atoms. The van der Waals surface area contributed by atoms with E-state index in [9.17, 15) is 23.5 Å². The molecule has 6 aromatic rings. The van der Waals surface area contributed by atoms with Gasteiger partial charge in [-0.3, -0.25) is 9.59 Å². The molecule has 344 valence electrons. The summed E-state index contributed by atoms with van der Waals surface area (Å²) >= 11 is 12.2. The quantitative estimate of drug-likeness (QED) is 0.0663. The number of ether oxygens (including phenoxy) is 1. The van der Waals surface area contributed by atoms with E-state index in [-0.39, 0.29) is 60.1 Å². The highest BCUT2D eigenvalue weighted by Crippen LogP contribution is 2.32. The van der Waals surface area contributed by atoms with E-state index in [0.717, 1.165) is 74.9 Å². The summed E-state index contributed by atoms with van der Waals surface area (Å²) in [5, 5.41) is 24.5. The molecule has 3 aliphatic rings. The Labute approximate surface area is 383 Å². The molecule has 0 radical (unpaired) electrons. The maximum absolute atomic E-state index is 14.6. The molecule has 65 heavy (non-hydrogen) atoms.